The SMILES string of the molecule is Cc1cnc(Cc2nc3cnc4ccc(Cl)cc4c3n2C2CCOCC2(F)F)cn1. The summed E-state index contributed by atoms with van der Waals surface area (Å²) < 4.78 is 36.6. The highest BCUT2D eigenvalue weighted by atomic mass is 35.5. The molecule has 1 unspecified atom stereocenters. The molecule has 0 bridgehead atoms. The summed E-state index contributed by atoms with van der Waals surface area (Å²) in [6.07, 6.45) is 5.37. The van der Waals surface area contributed by atoms with E-state index in [1.54, 1.807) is 41.4 Å². The maximum Gasteiger partial charge on any atom is 0.291 e. The van der Waals surface area contributed by atoms with Gasteiger partial charge in [-0.15, -0.1) is 0 Å². The number of alkyl halides is 2. The van der Waals surface area contributed by atoms with Gasteiger partial charge in [0, 0.05) is 35.8 Å². The summed E-state index contributed by atoms with van der Waals surface area (Å²) in [5.41, 5.74) is 3.26. The highest BCUT2D eigenvalue weighted by Gasteiger charge is 2.45. The third kappa shape index (κ3) is 3.30. The molecule has 3 aromatic heterocycles. The fourth-order valence-electron chi connectivity index (χ4n) is 3.96. The molecule has 6 nitrogen and oxygen atoms in total. The van der Waals surface area contributed by atoms with Gasteiger partial charge < -0.3 is 9.30 Å². The molecule has 4 aromatic rings. The predicted octanol–water partition coefficient (Wildman–Crippen LogP) is 4.52. The summed E-state index contributed by atoms with van der Waals surface area (Å²) in [6.45, 7) is 1.48. The van der Waals surface area contributed by atoms with Crippen LogP contribution >= 0.6 is 11.6 Å². The van der Waals surface area contributed by atoms with Gasteiger partial charge in [0.15, 0.2) is 0 Å². The molecule has 0 spiro atoms. The topological polar surface area (TPSA) is 65.7 Å². The van der Waals surface area contributed by atoms with Crippen LogP contribution in [0.25, 0.3) is 21.9 Å². The summed E-state index contributed by atoms with van der Waals surface area (Å²) in [5.74, 6) is -2.54. The number of aromatic nitrogens is 5. The van der Waals surface area contributed by atoms with Crippen molar-refractivity contribution in [3.05, 3.63) is 59.0 Å². The first kappa shape index (κ1) is 19.3. The second-order valence-electron chi connectivity index (χ2n) is 7.50. The van der Waals surface area contributed by atoms with Crippen LogP contribution in [0.5, 0.6) is 0 Å². The lowest BCUT2D eigenvalue weighted by Gasteiger charge is -2.33. The largest absolute Gasteiger partial charge is 0.375 e. The molecule has 0 amide bonds. The molecule has 1 fully saturated rings. The zero-order chi connectivity index (χ0) is 20.9. The first-order chi connectivity index (χ1) is 14.4. The Kier molecular flexibility index (Phi) is 4.63. The van der Waals surface area contributed by atoms with Crippen molar-refractivity contribution >= 4 is 33.5 Å². The zero-order valence-electron chi connectivity index (χ0n) is 16.1. The Morgan fingerprint density at radius 1 is 1.17 bits per heavy atom. The minimum Gasteiger partial charge on any atom is -0.375 e. The molecule has 1 saturated heterocycles. The van der Waals surface area contributed by atoms with Crippen molar-refractivity contribution in [2.75, 3.05) is 13.2 Å². The van der Waals surface area contributed by atoms with E-state index in [-0.39, 0.29) is 19.4 Å². The quantitative estimate of drug-likeness (QED) is 0.479. The highest BCUT2D eigenvalue weighted by molar-refractivity contribution is 6.31. The first-order valence-corrected chi connectivity index (χ1v) is 9.98. The number of aryl methyl sites for hydroxylation is 1. The predicted molar refractivity (Wildman–Crippen MR) is 109 cm³/mol. The summed E-state index contributed by atoms with van der Waals surface area (Å²) in [7, 11) is 0. The van der Waals surface area contributed by atoms with Gasteiger partial charge in [0.1, 0.15) is 24.0 Å². The molecule has 1 aliphatic rings. The summed E-state index contributed by atoms with van der Waals surface area (Å²) >= 11 is 6.22. The van der Waals surface area contributed by atoms with E-state index in [4.69, 9.17) is 16.3 Å². The minimum absolute atomic E-state index is 0.176. The van der Waals surface area contributed by atoms with Crippen molar-refractivity contribution in [3.8, 4) is 0 Å². The third-order valence-corrected chi connectivity index (χ3v) is 5.59. The first-order valence-electron chi connectivity index (χ1n) is 9.60. The number of pyridine rings is 1. The normalized spacial score (nSPS) is 18.9. The van der Waals surface area contributed by atoms with Crippen LogP contribution in [0.15, 0.2) is 36.8 Å². The molecular weight excluding hydrogens is 412 g/mol. The monoisotopic (exact) mass is 429 g/mol. The minimum atomic E-state index is -3.03. The fourth-order valence-corrected chi connectivity index (χ4v) is 4.13. The van der Waals surface area contributed by atoms with Crippen molar-refractivity contribution in [1.29, 1.82) is 0 Å². The standard InChI is InChI=1S/C21H18ClF2N5O/c1-12-8-26-14(9-25-12)7-19-28-17-10-27-16-3-2-13(22)6-15(16)20(17)29(19)18-4-5-30-11-21(18,23)24/h2-3,6,8-10,18H,4-5,7,11H2,1H3. The number of ether oxygens (including phenoxy) is 1. The van der Waals surface area contributed by atoms with E-state index in [1.165, 1.54) is 0 Å². The molecular formula is C21H18ClF2N5O. The maximum atomic E-state index is 15.0. The van der Waals surface area contributed by atoms with Gasteiger partial charge in [-0.1, -0.05) is 11.6 Å². The van der Waals surface area contributed by atoms with E-state index in [1.807, 2.05) is 6.92 Å². The number of hydrogen-bond donors (Lipinski definition) is 0. The average Bonchev–Trinajstić information content (AvgIpc) is 3.07. The van der Waals surface area contributed by atoms with E-state index in [9.17, 15) is 8.78 Å². The van der Waals surface area contributed by atoms with E-state index in [0.717, 1.165) is 5.69 Å². The molecule has 30 heavy (non-hydrogen) atoms. The van der Waals surface area contributed by atoms with Gasteiger partial charge in [0.05, 0.1) is 28.6 Å². The molecule has 1 atom stereocenters. The smallest absolute Gasteiger partial charge is 0.291 e. The molecule has 1 aromatic carbocycles. The number of nitrogens with zero attached hydrogens (tertiary/aromatic N) is 5. The summed E-state index contributed by atoms with van der Waals surface area (Å²) in [5, 5.41) is 1.20. The van der Waals surface area contributed by atoms with Crippen LogP contribution in [0, 0.1) is 6.92 Å². The van der Waals surface area contributed by atoms with E-state index in [2.05, 4.69) is 19.9 Å². The lowest BCUT2D eigenvalue weighted by molar-refractivity contribution is -0.147. The molecule has 5 rings (SSSR count). The Hall–Kier alpha value is -2.71. The third-order valence-electron chi connectivity index (χ3n) is 5.35. The average molecular weight is 430 g/mol. The lowest BCUT2D eigenvalue weighted by atomic mass is 10.0. The second kappa shape index (κ2) is 7.21. The van der Waals surface area contributed by atoms with Crippen LogP contribution in [0.4, 0.5) is 8.78 Å². The zero-order valence-corrected chi connectivity index (χ0v) is 16.9. The maximum absolute atomic E-state index is 15.0. The molecule has 1 aliphatic heterocycles. The van der Waals surface area contributed by atoms with Crippen molar-refractivity contribution in [1.82, 2.24) is 24.5 Å². The fraction of sp³-hybridized carbons (Fsp3) is 0.333. The number of fused-ring (bicyclic) bond motifs is 3. The molecule has 0 N–H and O–H groups in total. The van der Waals surface area contributed by atoms with Gasteiger partial charge in [-0.3, -0.25) is 15.0 Å². The van der Waals surface area contributed by atoms with Crippen LogP contribution in [0.1, 0.15) is 29.7 Å². The Morgan fingerprint density at radius 3 is 2.80 bits per heavy atom. The van der Waals surface area contributed by atoms with Gasteiger partial charge in [-0.05, 0) is 31.5 Å². The van der Waals surface area contributed by atoms with Gasteiger partial charge >= 0.3 is 0 Å². The number of hydrogen-bond acceptors (Lipinski definition) is 5. The van der Waals surface area contributed by atoms with Crippen molar-refractivity contribution in [2.24, 2.45) is 0 Å². The van der Waals surface area contributed by atoms with Gasteiger partial charge in [0.2, 0.25) is 0 Å². The van der Waals surface area contributed by atoms with E-state index in [0.29, 0.717) is 38.5 Å². The molecule has 0 radical (unpaired) electrons. The van der Waals surface area contributed by atoms with Crippen molar-refractivity contribution in [3.63, 3.8) is 0 Å². The molecule has 154 valence electrons. The number of imidazole rings is 1. The Morgan fingerprint density at radius 2 is 2.03 bits per heavy atom. The lowest BCUT2D eigenvalue weighted by Crippen LogP contribution is -2.41. The summed E-state index contributed by atoms with van der Waals surface area (Å²) in [6, 6.07) is 4.17. The van der Waals surface area contributed by atoms with Gasteiger partial charge in [0.25, 0.3) is 5.92 Å². The Bertz CT molecular complexity index is 1240. The second-order valence-corrected chi connectivity index (χ2v) is 7.93. The molecule has 0 aliphatic carbocycles. The number of benzene rings is 1. The Balaban J connectivity index is 1.77. The van der Waals surface area contributed by atoms with Crippen LogP contribution in [0.2, 0.25) is 5.02 Å². The van der Waals surface area contributed by atoms with Crippen molar-refractivity contribution in [2.45, 2.75) is 31.7 Å². The molecule has 9 heteroatoms. The summed E-state index contributed by atoms with van der Waals surface area (Å²) in [4.78, 5) is 17.7. The van der Waals surface area contributed by atoms with Gasteiger partial charge in [-0.25, -0.2) is 13.8 Å². The van der Waals surface area contributed by atoms with Crippen LogP contribution in [-0.4, -0.2) is 43.6 Å². The van der Waals surface area contributed by atoms with Crippen LogP contribution < -0.4 is 0 Å². The number of rotatable bonds is 3. The van der Waals surface area contributed by atoms with E-state index < -0.39 is 18.6 Å². The van der Waals surface area contributed by atoms with Crippen LogP contribution in [-0.2, 0) is 11.2 Å². The molecule has 0 saturated carbocycles. The van der Waals surface area contributed by atoms with Crippen LogP contribution in [0.3, 0.4) is 0 Å². The Labute approximate surface area is 175 Å². The highest BCUT2D eigenvalue weighted by Crippen LogP contribution is 2.40. The van der Waals surface area contributed by atoms with Gasteiger partial charge in [-0.2, -0.15) is 0 Å². The van der Waals surface area contributed by atoms with Crippen molar-refractivity contribution < 1.29 is 13.5 Å². The van der Waals surface area contributed by atoms with E-state index >= 15 is 0 Å². The number of halogens is 3. The molecule has 4 heterocycles.